The van der Waals surface area contributed by atoms with E-state index in [0.717, 1.165) is 22.3 Å². The minimum atomic E-state index is -0.0506. The van der Waals surface area contributed by atoms with E-state index in [1.807, 2.05) is 56.3 Å². The van der Waals surface area contributed by atoms with Gasteiger partial charge in [-0.25, -0.2) is 19.9 Å². The maximum Gasteiger partial charge on any atom is 0.266 e. The van der Waals surface area contributed by atoms with E-state index in [-0.39, 0.29) is 5.56 Å². The number of aromatic amines is 1. The minimum Gasteiger partial charge on any atom is -0.368 e. The Morgan fingerprint density at radius 2 is 1.84 bits per heavy atom. The molecule has 3 heterocycles. The average molecular weight is 411 g/mol. The van der Waals surface area contributed by atoms with Gasteiger partial charge in [-0.15, -0.1) is 0 Å². The van der Waals surface area contributed by atoms with E-state index in [1.165, 1.54) is 6.33 Å². The van der Waals surface area contributed by atoms with Crippen LogP contribution >= 0.6 is 0 Å². The molecule has 5 aromatic rings. The molecule has 31 heavy (non-hydrogen) atoms. The first kappa shape index (κ1) is 18.9. The Hall–Kier alpha value is -4.07. The van der Waals surface area contributed by atoms with Crippen molar-refractivity contribution >= 4 is 27.9 Å². The molecule has 0 unspecified atom stereocenters. The predicted molar refractivity (Wildman–Crippen MR) is 121 cm³/mol. The number of hydrogen-bond donors (Lipinski definition) is 2. The molecule has 0 fully saturated rings. The molecule has 8 heteroatoms. The van der Waals surface area contributed by atoms with E-state index in [0.29, 0.717) is 41.2 Å². The van der Waals surface area contributed by atoms with Crippen molar-refractivity contribution in [2.45, 2.75) is 20.3 Å². The summed E-state index contributed by atoms with van der Waals surface area (Å²) in [5, 5.41) is 3.97. The standard InChI is InChI=1S/C23H21N7O/c1-14-6-3-4-9-17(14)30-18(29-16-8-5-7-15(2)19(16)23(30)31)10-11-24-21-20-22(26-12-25-20)28-13-27-21/h3-9,12-13H,10-11H2,1-2H3,(H2,24,25,26,27,28). The fraction of sp³-hybridized carbons (Fsp3) is 0.174. The zero-order chi connectivity index (χ0) is 21.4. The lowest BCUT2D eigenvalue weighted by Crippen LogP contribution is -2.26. The van der Waals surface area contributed by atoms with Gasteiger partial charge in [0.15, 0.2) is 11.5 Å². The molecule has 5 rings (SSSR count). The first-order valence-corrected chi connectivity index (χ1v) is 10.1. The fourth-order valence-electron chi connectivity index (χ4n) is 3.86. The molecular formula is C23H21N7O. The molecule has 0 aliphatic heterocycles. The molecule has 0 aliphatic carbocycles. The molecule has 2 N–H and O–H groups in total. The molecule has 0 bridgehead atoms. The summed E-state index contributed by atoms with van der Waals surface area (Å²) in [6.07, 6.45) is 3.60. The van der Waals surface area contributed by atoms with Crippen LogP contribution in [0.15, 0.2) is 59.9 Å². The van der Waals surface area contributed by atoms with Gasteiger partial charge in [0.1, 0.15) is 17.7 Å². The Kier molecular flexibility index (Phi) is 4.66. The van der Waals surface area contributed by atoms with Crippen molar-refractivity contribution in [1.82, 2.24) is 29.5 Å². The number of anilines is 1. The molecule has 0 atom stereocenters. The van der Waals surface area contributed by atoms with Crippen molar-refractivity contribution < 1.29 is 0 Å². The van der Waals surface area contributed by atoms with Gasteiger partial charge in [0.2, 0.25) is 0 Å². The highest BCUT2D eigenvalue weighted by molar-refractivity contribution is 5.82. The number of aromatic nitrogens is 6. The largest absolute Gasteiger partial charge is 0.368 e. The number of fused-ring (bicyclic) bond motifs is 2. The summed E-state index contributed by atoms with van der Waals surface area (Å²) in [4.78, 5) is 34.1. The van der Waals surface area contributed by atoms with Crippen molar-refractivity contribution in [1.29, 1.82) is 0 Å². The summed E-state index contributed by atoms with van der Waals surface area (Å²) in [6, 6.07) is 13.6. The van der Waals surface area contributed by atoms with Gasteiger partial charge in [0.05, 0.1) is 22.9 Å². The van der Waals surface area contributed by atoms with Gasteiger partial charge in [-0.3, -0.25) is 9.36 Å². The number of nitrogens with zero attached hydrogens (tertiary/aromatic N) is 5. The van der Waals surface area contributed by atoms with Gasteiger partial charge in [0.25, 0.3) is 5.56 Å². The third-order valence-corrected chi connectivity index (χ3v) is 5.40. The smallest absolute Gasteiger partial charge is 0.266 e. The molecule has 154 valence electrons. The molecule has 0 saturated heterocycles. The second-order valence-corrected chi connectivity index (χ2v) is 7.42. The second-order valence-electron chi connectivity index (χ2n) is 7.42. The number of imidazole rings is 1. The van der Waals surface area contributed by atoms with Crippen LogP contribution in [-0.4, -0.2) is 36.0 Å². The van der Waals surface area contributed by atoms with Crippen molar-refractivity contribution in [3.8, 4) is 5.69 Å². The van der Waals surface area contributed by atoms with Crippen LogP contribution in [0.25, 0.3) is 27.8 Å². The van der Waals surface area contributed by atoms with Crippen molar-refractivity contribution in [3.63, 3.8) is 0 Å². The number of aryl methyl sites for hydroxylation is 2. The first-order valence-electron chi connectivity index (χ1n) is 10.1. The van der Waals surface area contributed by atoms with Gasteiger partial charge in [-0.1, -0.05) is 30.3 Å². The van der Waals surface area contributed by atoms with E-state index >= 15 is 0 Å². The SMILES string of the molecule is Cc1ccccc1-n1c(CCNc2ncnc3nc[nH]c23)nc2cccc(C)c2c1=O. The van der Waals surface area contributed by atoms with Crippen LogP contribution in [0.5, 0.6) is 0 Å². The Bertz CT molecular complexity index is 1470. The molecule has 0 spiro atoms. The van der Waals surface area contributed by atoms with Crippen molar-refractivity contribution in [2.24, 2.45) is 0 Å². The quantitative estimate of drug-likeness (QED) is 0.460. The van der Waals surface area contributed by atoms with E-state index in [4.69, 9.17) is 4.98 Å². The maximum atomic E-state index is 13.6. The van der Waals surface area contributed by atoms with Crippen LogP contribution in [-0.2, 0) is 6.42 Å². The number of rotatable bonds is 5. The predicted octanol–water partition coefficient (Wildman–Crippen LogP) is 3.32. The van der Waals surface area contributed by atoms with Crippen LogP contribution in [0.1, 0.15) is 17.0 Å². The van der Waals surface area contributed by atoms with Gasteiger partial charge in [-0.2, -0.15) is 0 Å². The lowest BCUT2D eigenvalue weighted by Gasteiger charge is -2.16. The zero-order valence-electron chi connectivity index (χ0n) is 17.3. The summed E-state index contributed by atoms with van der Waals surface area (Å²) < 4.78 is 1.73. The summed E-state index contributed by atoms with van der Waals surface area (Å²) in [6.45, 7) is 4.49. The van der Waals surface area contributed by atoms with Crippen molar-refractivity contribution in [3.05, 3.63) is 82.4 Å². The van der Waals surface area contributed by atoms with Gasteiger partial charge >= 0.3 is 0 Å². The second kappa shape index (κ2) is 7.64. The Morgan fingerprint density at radius 3 is 2.71 bits per heavy atom. The van der Waals surface area contributed by atoms with E-state index in [9.17, 15) is 4.79 Å². The van der Waals surface area contributed by atoms with Crippen LogP contribution < -0.4 is 10.9 Å². The minimum absolute atomic E-state index is 0.0506. The lowest BCUT2D eigenvalue weighted by atomic mass is 10.1. The highest BCUT2D eigenvalue weighted by atomic mass is 16.1. The van der Waals surface area contributed by atoms with Crippen LogP contribution in [0.3, 0.4) is 0 Å². The van der Waals surface area contributed by atoms with Crippen LogP contribution in [0.2, 0.25) is 0 Å². The molecule has 8 nitrogen and oxygen atoms in total. The van der Waals surface area contributed by atoms with E-state index in [1.54, 1.807) is 10.9 Å². The van der Waals surface area contributed by atoms with Crippen LogP contribution in [0, 0.1) is 13.8 Å². The number of nitrogens with one attached hydrogen (secondary N) is 2. The molecular weight excluding hydrogens is 390 g/mol. The Morgan fingerprint density at radius 1 is 1.00 bits per heavy atom. The normalized spacial score (nSPS) is 11.3. The molecule has 2 aromatic carbocycles. The van der Waals surface area contributed by atoms with Gasteiger partial charge in [0, 0.05) is 13.0 Å². The highest BCUT2D eigenvalue weighted by Gasteiger charge is 2.15. The molecule has 0 saturated carbocycles. The lowest BCUT2D eigenvalue weighted by molar-refractivity contribution is 0.805. The average Bonchev–Trinajstić information content (AvgIpc) is 3.24. The summed E-state index contributed by atoms with van der Waals surface area (Å²) >= 11 is 0. The molecule has 0 amide bonds. The Balaban J connectivity index is 1.57. The number of H-pyrrole nitrogens is 1. The molecule has 0 radical (unpaired) electrons. The number of benzene rings is 2. The third-order valence-electron chi connectivity index (χ3n) is 5.40. The van der Waals surface area contributed by atoms with Crippen LogP contribution in [0.4, 0.5) is 5.82 Å². The number of para-hydroxylation sites is 1. The molecule has 3 aromatic heterocycles. The number of hydrogen-bond acceptors (Lipinski definition) is 6. The summed E-state index contributed by atoms with van der Waals surface area (Å²) in [7, 11) is 0. The monoisotopic (exact) mass is 411 g/mol. The zero-order valence-corrected chi connectivity index (χ0v) is 17.3. The van der Waals surface area contributed by atoms with E-state index in [2.05, 4.69) is 25.3 Å². The summed E-state index contributed by atoms with van der Waals surface area (Å²) in [5.41, 5.74) is 4.80. The topological polar surface area (TPSA) is 101 Å². The Labute approximate surface area is 178 Å². The highest BCUT2D eigenvalue weighted by Crippen LogP contribution is 2.19. The van der Waals surface area contributed by atoms with Gasteiger partial charge in [-0.05, 0) is 37.1 Å². The third kappa shape index (κ3) is 3.31. The van der Waals surface area contributed by atoms with Gasteiger partial charge < -0.3 is 10.3 Å². The fourth-order valence-corrected chi connectivity index (χ4v) is 3.86. The van der Waals surface area contributed by atoms with E-state index < -0.39 is 0 Å². The maximum absolute atomic E-state index is 13.6. The first-order chi connectivity index (χ1) is 15.1. The summed E-state index contributed by atoms with van der Waals surface area (Å²) in [5.74, 6) is 1.36. The molecule has 0 aliphatic rings. The van der Waals surface area contributed by atoms with Crippen molar-refractivity contribution in [2.75, 3.05) is 11.9 Å².